The number of rotatable bonds is 8. The van der Waals surface area contributed by atoms with Crippen LogP contribution in [0.3, 0.4) is 0 Å². The first-order valence-electron chi connectivity index (χ1n) is 7.71. The van der Waals surface area contributed by atoms with Crippen LogP contribution in [0.4, 0.5) is 11.5 Å². The van der Waals surface area contributed by atoms with Crippen molar-refractivity contribution in [1.29, 1.82) is 0 Å². The van der Waals surface area contributed by atoms with Crippen molar-refractivity contribution in [1.82, 2.24) is 14.8 Å². The summed E-state index contributed by atoms with van der Waals surface area (Å²) in [6, 6.07) is 3.91. The maximum absolute atomic E-state index is 8.97. The lowest BCUT2D eigenvalue weighted by molar-refractivity contribution is 0.304. The van der Waals surface area contributed by atoms with Crippen LogP contribution in [0.2, 0.25) is 0 Å². The number of aromatic nitrogens is 3. The molecular weight excluding hydrogens is 294 g/mol. The fourth-order valence-corrected chi connectivity index (χ4v) is 2.50. The first kappa shape index (κ1) is 17.1. The summed E-state index contributed by atoms with van der Waals surface area (Å²) in [5.74, 6) is 1.56. The lowest BCUT2D eigenvalue weighted by atomic mass is 10.2. The fraction of sp³-hybridized carbons (Fsp3) is 0.500. The molecule has 0 aromatic carbocycles. The first-order chi connectivity index (χ1) is 11.1. The monoisotopic (exact) mass is 319 g/mol. The molecule has 0 aliphatic carbocycles. The van der Waals surface area contributed by atoms with Crippen molar-refractivity contribution in [2.75, 3.05) is 37.5 Å². The number of pyridine rings is 1. The third-order valence-corrected chi connectivity index (χ3v) is 3.77. The van der Waals surface area contributed by atoms with Gasteiger partial charge in [-0.1, -0.05) is 6.92 Å². The van der Waals surface area contributed by atoms with E-state index in [-0.39, 0.29) is 6.61 Å². The van der Waals surface area contributed by atoms with Crippen LogP contribution in [-0.2, 0) is 20.0 Å². The number of ether oxygens (including phenoxy) is 1. The molecule has 23 heavy (non-hydrogen) atoms. The van der Waals surface area contributed by atoms with Crippen molar-refractivity contribution in [3.8, 4) is 5.88 Å². The van der Waals surface area contributed by atoms with Crippen molar-refractivity contribution in [3.63, 3.8) is 0 Å². The van der Waals surface area contributed by atoms with E-state index in [4.69, 9.17) is 9.84 Å². The Kier molecular flexibility index (Phi) is 5.81. The Morgan fingerprint density at radius 1 is 1.39 bits per heavy atom. The van der Waals surface area contributed by atoms with Crippen molar-refractivity contribution >= 4 is 11.5 Å². The molecule has 0 spiro atoms. The molecule has 0 aliphatic rings. The quantitative estimate of drug-likeness (QED) is 0.766. The summed E-state index contributed by atoms with van der Waals surface area (Å²) >= 11 is 0. The molecule has 2 aromatic rings. The SMILES string of the molecule is CCc1nn(C)c(OC)c1CNc1ccc(N(C)CCO)cn1. The highest BCUT2D eigenvalue weighted by atomic mass is 16.5. The number of aliphatic hydroxyl groups excluding tert-OH is 1. The zero-order valence-electron chi connectivity index (χ0n) is 14.2. The standard InChI is InChI=1S/C16H25N5O2/c1-5-14-13(16(23-4)21(3)19-14)11-18-15-7-6-12(10-17-15)20(2)8-9-22/h6-7,10,22H,5,8-9,11H2,1-4H3,(H,17,18). The zero-order chi connectivity index (χ0) is 16.8. The topological polar surface area (TPSA) is 75.4 Å². The highest BCUT2D eigenvalue weighted by Crippen LogP contribution is 2.23. The molecule has 0 atom stereocenters. The van der Waals surface area contributed by atoms with E-state index in [2.05, 4.69) is 22.3 Å². The van der Waals surface area contributed by atoms with E-state index in [0.717, 1.165) is 35.1 Å². The average Bonchev–Trinajstić information content (AvgIpc) is 2.88. The summed E-state index contributed by atoms with van der Waals surface area (Å²) in [7, 11) is 5.46. The Morgan fingerprint density at radius 2 is 2.17 bits per heavy atom. The minimum absolute atomic E-state index is 0.122. The lowest BCUT2D eigenvalue weighted by Gasteiger charge is -2.17. The molecule has 126 valence electrons. The van der Waals surface area contributed by atoms with E-state index in [1.54, 1.807) is 18.0 Å². The molecule has 2 N–H and O–H groups in total. The molecule has 0 saturated heterocycles. The molecule has 0 radical (unpaired) electrons. The summed E-state index contributed by atoms with van der Waals surface area (Å²) in [6.45, 7) is 3.40. The van der Waals surface area contributed by atoms with Crippen LogP contribution in [0.1, 0.15) is 18.2 Å². The van der Waals surface area contributed by atoms with Crippen LogP contribution in [0, 0.1) is 0 Å². The second kappa shape index (κ2) is 7.82. The van der Waals surface area contributed by atoms with Gasteiger partial charge in [0.2, 0.25) is 5.88 Å². The van der Waals surface area contributed by atoms with E-state index >= 15 is 0 Å². The van der Waals surface area contributed by atoms with Crippen LogP contribution in [-0.4, -0.2) is 47.2 Å². The summed E-state index contributed by atoms with van der Waals surface area (Å²) in [6.07, 6.45) is 2.64. The van der Waals surface area contributed by atoms with E-state index in [9.17, 15) is 0 Å². The summed E-state index contributed by atoms with van der Waals surface area (Å²) in [5.41, 5.74) is 3.05. The molecular formula is C16H25N5O2. The average molecular weight is 319 g/mol. The molecule has 2 heterocycles. The summed E-state index contributed by atoms with van der Waals surface area (Å²) in [5, 5.41) is 16.7. The number of hydrogen-bond acceptors (Lipinski definition) is 6. The molecule has 0 fully saturated rings. The maximum atomic E-state index is 8.97. The second-order valence-corrected chi connectivity index (χ2v) is 5.31. The Balaban J connectivity index is 2.06. The molecule has 0 aliphatic heterocycles. The Bertz CT molecular complexity index is 624. The zero-order valence-corrected chi connectivity index (χ0v) is 14.2. The predicted molar refractivity (Wildman–Crippen MR) is 91.1 cm³/mol. The number of aryl methyl sites for hydroxylation is 2. The van der Waals surface area contributed by atoms with Gasteiger partial charge in [0.25, 0.3) is 0 Å². The molecule has 0 unspecified atom stereocenters. The second-order valence-electron chi connectivity index (χ2n) is 5.31. The van der Waals surface area contributed by atoms with E-state index in [0.29, 0.717) is 13.1 Å². The molecule has 0 amide bonds. The Hall–Kier alpha value is -2.28. The van der Waals surface area contributed by atoms with Crippen LogP contribution >= 0.6 is 0 Å². The van der Waals surface area contributed by atoms with E-state index in [1.807, 2.05) is 31.1 Å². The minimum Gasteiger partial charge on any atom is -0.481 e. The van der Waals surface area contributed by atoms with Gasteiger partial charge in [-0.2, -0.15) is 5.10 Å². The van der Waals surface area contributed by atoms with Crippen molar-refractivity contribution < 1.29 is 9.84 Å². The van der Waals surface area contributed by atoms with E-state index < -0.39 is 0 Å². The van der Waals surface area contributed by atoms with Gasteiger partial charge in [0, 0.05) is 27.2 Å². The van der Waals surface area contributed by atoms with Crippen molar-refractivity contribution in [2.45, 2.75) is 19.9 Å². The number of likely N-dealkylation sites (N-methyl/N-ethyl adjacent to an activating group) is 1. The largest absolute Gasteiger partial charge is 0.481 e. The highest BCUT2D eigenvalue weighted by molar-refractivity contribution is 5.49. The number of hydrogen-bond donors (Lipinski definition) is 2. The number of aliphatic hydroxyl groups is 1. The van der Waals surface area contributed by atoms with Gasteiger partial charge >= 0.3 is 0 Å². The Labute approximate surface area is 136 Å². The van der Waals surface area contributed by atoms with Crippen molar-refractivity contribution in [2.24, 2.45) is 7.05 Å². The minimum atomic E-state index is 0.122. The van der Waals surface area contributed by atoms with Gasteiger partial charge in [0.05, 0.1) is 36.9 Å². The first-order valence-corrected chi connectivity index (χ1v) is 7.71. The van der Waals surface area contributed by atoms with Crippen LogP contribution < -0.4 is 15.0 Å². The number of methoxy groups -OCH3 is 1. The summed E-state index contributed by atoms with van der Waals surface area (Å²) < 4.78 is 7.19. The normalized spacial score (nSPS) is 10.7. The third-order valence-electron chi connectivity index (χ3n) is 3.77. The maximum Gasteiger partial charge on any atom is 0.216 e. The molecule has 0 bridgehead atoms. The van der Waals surface area contributed by atoms with Gasteiger partial charge in [0.1, 0.15) is 5.82 Å². The predicted octanol–water partition coefficient (Wildman–Crippen LogP) is 1.43. The summed E-state index contributed by atoms with van der Waals surface area (Å²) in [4.78, 5) is 6.37. The molecule has 7 nitrogen and oxygen atoms in total. The van der Waals surface area contributed by atoms with Crippen LogP contribution in [0.25, 0.3) is 0 Å². The van der Waals surface area contributed by atoms with Crippen molar-refractivity contribution in [3.05, 3.63) is 29.6 Å². The van der Waals surface area contributed by atoms with E-state index in [1.165, 1.54) is 0 Å². The smallest absolute Gasteiger partial charge is 0.216 e. The van der Waals surface area contributed by atoms with Crippen LogP contribution in [0.15, 0.2) is 18.3 Å². The molecule has 0 saturated carbocycles. The third kappa shape index (κ3) is 3.92. The number of anilines is 2. The van der Waals surface area contributed by atoms with Gasteiger partial charge in [-0.25, -0.2) is 9.67 Å². The molecule has 7 heteroatoms. The van der Waals surface area contributed by atoms with Gasteiger partial charge in [-0.05, 0) is 18.6 Å². The molecule has 2 aromatic heterocycles. The Morgan fingerprint density at radius 3 is 2.74 bits per heavy atom. The van der Waals surface area contributed by atoms with Gasteiger partial charge in [-0.15, -0.1) is 0 Å². The number of nitrogens with one attached hydrogen (secondary N) is 1. The van der Waals surface area contributed by atoms with Gasteiger partial charge < -0.3 is 20.1 Å². The lowest BCUT2D eigenvalue weighted by Crippen LogP contribution is -2.21. The molecule has 2 rings (SSSR count). The van der Waals surface area contributed by atoms with Gasteiger partial charge in [0.15, 0.2) is 0 Å². The highest BCUT2D eigenvalue weighted by Gasteiger charge is 2.15. The van der Waals surface area contributed by atoms with Gasteiger partial charge in [-0.3, -0.25) is 0 Å². The number of nitrogens with zero attached hydrogens (tertiary/aromatic N) is 4. The van der Waals surface area contributed by atoms with Crippen LogP contribution in [0.5, 0.6) is 5.88 Å². The fourth-order valence-electron chi connectivity index (χ4n) is 2.50.